The van der Waals surface area contributed by atoms with Crippen LogP contribution in [0.25, 0.3) is 0 Å². The zero-order chi connectivity index (χ0) is 16.8. The minimum absolute atomic E-state index is 0.183. The fourth-order valence-corrected chi connectivity index (χ4v) is 3.02. The molecule has 1 amide bonds. The lowest BCUT2D eigenvalue weighted by Gasteiger charge is -2.23. The minimum Gasteiger partial charge on any atom is -0.490 e. The van der Waals surface area contributed by atoms with E-state index in [1.807, 2.05) is 37.3 Å². The van der Waals surface area contributed by atoms with Crippen LogP contribution in [0.15, 0.2) is 40.8 Å². The summed E-state index contributed by atoms with van der Waals surface area (Å²) in [6.45, 7) is 2.47. The van der Waals surface area contributed by atoms with Crippen LogP contribution in [0.5, 0.6) is 5.75 Å². The summed E-state index contributed by atoms with van der Waals surface area (Å²) in [7, 11) is 0. The second-order valence-corrected chi connectivity index (χ2v) is 6.32. The van der Waals surface area contributed by atoms with E-state index in [1.165, 1.54) is 19.3 Å². The van der Waals surface area contributed by atoms with Crippen molar-refractivity contribution in [2.75, 3.05) is 0 Å². The summed E-state index contributed by atoms with van der Waals surface area (Å²) in [6, 6.07) is 11.5. The van der Waals surface area contributed by atoms with Crippen molar-refractivity contribution in [3.05, 3.63) is 53.5 Å². The molecule has 1 heterocycles. The van der Waals surface area contributed by atoms with Gasteiger partial charge in [0.1, 0.15) is 11.5 Å². The van der Waals surface area contributed by atoms with Crippen molar-refractivity contribution in [3.8, 4) is 5.75 Å². The number of carbonyl (C=O) groups is 1. The molecule has 128 valence electrons. The van der Waals surface area contributed by atoms with Gasteiger partial charge in [-0.3, -0.25) is 4.79 Å². The average molecular weight is 327 g/mol. The Morgan fingerprint density at radius 1 is 1.12 bits per heavy atom. The zero-order valence-electron chi connectivity index (χ0n) is 14.2. The third kappa shape index (κ3) is 4.40. The van der Waals surface area contributed by atoms with Crippen LogP contribution in [-0.2, 0) is 13.0 Å². The quantitative estimate of drug-likeness (QED) is 0.851. The average Bonchev–Trinajstić information content (AvgIpc) is 3.11. The Hall–Kier alpha value is -2.23. The largest absolute Gasteiger partial charge is 0.490 e. The van der Waals surface area contributed by atoms with Crippen molar-refractivity contribution >= 4 is 5.91 Å². The second kappa shape index (κ2) is 8.04. The molecule has 0 saturated heterocycles. The molecule has 1 aromatic carbocycles. The van der Waals surface area contributed by atoms with E-state index in [9.17, 15) is 4.79 Å². The Morgan fingerprint density at radius 2 is 1.88 bits per heavy atom. The van der Waals surface area contributed by atoms with Crippen molar-refractivity contribution in [1.82, 2.24) is 5.32 Å². The van der Waals surface area contributed by atoms with E-state index >= 15 is 0 Å². The maximum absolute atomic E-state index is 12.0. The van der Waals surface area contributed by atoms with Crippen molar-refractivity contribution in [1.29, 1.82) is 0 Å². The van der Waals surface area contributed by atoms with Crippen LogP contribution >= 0.6 is 0 Å². The number of hydrogen-bond acceptors (Lipinski definition) is 3. The van der Waals surface area contributed by atoms with Gasteiger partial charge >= 0.3 is 0 Å². The van der Waals surface area contributed by atoms with E-state index in [4.69, 9.17) is 9.15 Å². The molecule has 4 nitrogen and oxygen atoms in total. The first-order valence-corrected chi connectivity index (χ1v) is 8.87. The molecule has 1 saturated carbocycles. The van der Waals surface area contributed by atoms with Crippen LogP contribution in [0.1, 0.15) is 60.9 Å². The lowest BCUT2D eigenvalue weighted by Crippen LogP contribution is -2.22. The molecule has 0 radical (unpaired) electrons. The summed E-state index contributed by atoms with van der Waals surface area (Å²) < 4.78 is 11.5. The fraction of sp³-hybridized carbons (Fsp3) is 0.450. The molecule has 2 aromatic rings. The summed E-state index contributed by atoms with van der Waals surface area (Å²) in [4.78, 5) is 12.0. The van der Waals surface area contributed by atoms with Crippen LogP contribution in [0.4, 0.5) is 0 Å². The predicted octanol–water partition coefficient (Wildman–Crippen LogP) is 4.48. The highest BCUT2D eigenvalue weighted by atomic mass is 16.5. The van der Waals surface area contributed by atoms with Crippen LogP contribution in [0.2, 0.25) is 0 Å². The van der Waals surface area contributed by atoms with Crippen molar-refractivity contribution < 1.29 is 13.9 Å². The van der Waals surface area contributed by atoms with Gasteiger partial charge in [-0.25, -0.2) is 0 Å². The van der Waals surface area contributed by atoms with Crippen LogP contribution < -0.4 is 10.1 Å². The molecule has 0 aliphatic heterocycles. The number of ether oxygens (including phenoxy) is 1. The van der Waals surface area contributed by atoms with Crippen LogP contribution in [0, 0.1) is 0 Å². The highest BCUT2D eigenvalue weighted by Gasteiger charge is 2.15. The number of hydrogen-bond donors (Lipinski definition) is 1. The topological polar surface area (TPSA) is 51.5 Å². The molecule has 1 aliphatic rings. The normalized spacial score (nSPS) is 15.2. The maximum atomic E-state index is 12.0. The zero-order valence-corrected chi connectivity index (χ0v) is 14.2. The van der Waals surface area contributed by atoms with Gasteiger partial charge in [0, 0.05) is 13.0 Å². The molecule has 1 aliphatic carbocycles. The van der Waals surface area contributed by atoms with Gasteiger partial charge in [0.2, 0.25) is 0 Å². The lowest BCUT2D eigenvalue weighted by atomic mass is 9.98. The first kappa shape index (κ1) is 16.6. The van der Waals surface area contributed by atoms with E-state index in [0.29, 0.717) is 18.4 Å². The van der Waals surface area contributed by atoms with Crippen molar-refractivity contribution in [2.45, 2.75) is 58.1 Å². The molecular formula is C20H25NO3. The summed E-state index contributed by atoms with van der Waals surface area (Å²) >= 11 is 0. The molecular weight excluding hydrogens is 302 g/mol. The highest BCUT2D eigenvalue weighted by molar-refractivity contribution is 5.91. The predicted molar refractivity (Wildman–Crippen MR) is 93.2 cm³/mol. The minimum atomic E-state index is -0.183. The fourth-order valence-electron chi connectivity index (χ4n) is 3.02. The molecule has 1 N–H and O–H groups in total. The molecule has 0 spiro atoms. The second-order valence-electron chi connectivity index (χ2n) is 6.32. The Bertz CT molecular complexity index is 654. The van der Waals surface area contributed by atoms with Gasteiger partial charge in [-0.1, -0.05) is 25.5 Å². The third-order valence-electron chi connectivity index (χ3n) is 4.47. The van der Waals surface area contributed by atoms with Gasteiger partial charge in [-0.15, -0.1) is 0 Å². The monoisotopic (exact) mass is 327 g/mol. The molecule has 0 unspecified atom stereocenters. The van der Waals surface area contributed by atoms with Gasteiger partial charge in [0.15, 0.2) is 5.76 Å². The van der Waals surface area contributed by atoms with Gasteiger partial charge in [-0.2, -0.15) is 0 Å². The summed E-state index contributed by atoms with van der Waals surface area (Å²) in [5.41, 5.74) is 1.04. The lowest BCUT2D eigenvalue weighted by molar-refractivity contribution is 0.0921. The number of rotatable bonds is 6. The van der Waals surface area contributed by atoms with Crippen molar-refractivity contribution in [2.24, 2.45) is 0 Å². The van der Waals surface area contributed by atoms with E-state index in [1.54, 1.807) is 6.07 Å². The number of nitrogens with one attached hydrogen (secondary N) is 1. The molecule has 1 fully saturated rings. The SMILES string of the molecule is CCc1ccc(C(=O)NCc2ccc(OC3CCCCC3)cc2)o1. The maximum Gasteiger partial charge on any atom is 0.287 e. The Kier molecular flexibility index (Phi) is 5.57. The summed E-state index contributed by atoms with van der Waals surface area (Å²) in [6.07, 6.45) is 7.31. The summed E-state index contributed by atoms with van der Waals surface area (Å²) in [5, 5.41) is 2.88. The molecule has 1 aromatic heterocycles. The van der Waals surface area contributed by atoms with Crippen LogP contribution in [0.3, 0.4) is 0 Å². The van der Waals surface area contributed by atoms with E-state index in [-0.39, 0.29) is 5.91 Å². The standard InChI is InChI=1S/C20H25NO3/c1-2-16-12-13-19(24-16)20(22)21-14-15-8-10-18(11-9-15)23-17-6-4-3-5-7-17/h8-13,17H,2-7,14H2,1H3,(H,21,22). The smallest absolute Gasteiger partial charge is 0.287 e. The van der Waals surface area contributed by atoms with Crippen molar-refractivity contribution in [3.63, 3.8) is 0 Å². The number of furan rings is 1. The number of carbonyl (C=O) groups excluding carboxylic acids is 1. The number of aryl methyl sites for hydroxylation is 1. The van der Waals surface area contributed by atoms with Gasteiger partial charge in [-0.05, 0) is 55.5 Å². The van der Waals surface area contributed by atoms with Gasteiger partial charge < -0.3 is 14.5 Å². The van der Waals surface area contributed by atoms with Gasteiger partial charge in [0.25, 0.3) is 5.91 Å². The number of benzene rings is 1. The Labute approximate surface area is 143 Å². The molecule has 3 rings (SSSR count). The Balaban J connectivity index is 1.49. The van der Waals surface area contributed by atoms with E-state index in [0.717, 1.165) is 36.3 Å². The molecule has 4 heteroatoms. The molecule has 24 heavy (non-hydrogen) atoms. The summed E-state index contributed by atoms with van der Waals surface area (Å²) in [5.74, 6) is 1.92. The third-order valence-corrected chi connectivity index (χ3v) is 4.47. The number of amides is 1. The van der Waals surface area contributed by atoms with E-state index < -0.39 is 0 Å². The molecule has 0 atom stereocenters. The Morgan fingerprint density at radius 3 is 2.54 bits per heavy atom. The first-order valence-electron chi connectivity index (χ1n) is 8.87. The molecule has 0 bridgehead atoms. The van der Waals surface area contributed by atoms with Gasteiger partial charge in [0.05, 0.1) is 6.10 Å². The van der Waals surface area contributed by atoms with E-state index in [2.05, 4.69) is 5.32 Å². The first-order chi connectivity index (χ1) is 11.7. The van der Waals surface area contributed by atoms with Crippen LogP contribution in [-0.4, -0.2) is 12.0 Å². The highest BCUT2D eigenvalue weighted by Crippen LogP contribution is 2.23.